The van der Waals surface area contributed by atoms with Crippen LogP contribution in [-0.2, 0) is 4.74 Å². The Morgan fingerprint density at radius 1 is 1.39 bits per heavy atom. The van der Waals surface area contributed by atoms with Crippen molar-refractivity contribution in [2.24, 2.45) is 0 Å². The third kappa shape index (κ3) is 2.80. The molecule has 0 aromatic heterocycles. The molecule has 0 bridgehead atoms. The summed E-state index contributed by atoms with van der Waals surface area (Å²) in [6, 6.07) is 3.11. The minimum atomic E-state index is -0.437. The van der Waals surface area contributed by atoms with E-state index in [2.05, 4.69) is 5.32 Å². The molecule has 1 aromatic carbocycles. The quantitative estimate of drug-likeness (QED) is 0.848. The molecule has 0 heterocycles. The van der Waals surface area contributed by atoms with Gasteiger partial charge in [-0.25, -0.2) is 4.39 Å². The van der Waals surface area contributed by atoms with Gasteiger partial charge in [0.25, 0.3) is 0 Å². The van der Waals surface area contributed by atoms with Gasteiger partial charge in [0.05, 0.1) is 11.1 Å². The molecule has 1 aliphatic rings. The Hall–Kier alpha value is -0.350. The van der Waals surface area contributed by atoms with Crippen molar-refractivity contribution in [3.8, 4) is 0 Å². The minimum absolute atomic E-state index is 0.0801. The lowest BCUT2D eigenvalue weighted by atomic mass is 9.88. The number of halogens is 3. The van der Waals surface area contributed by atoms with E-state index in [0.29, 0.717) is 22.7 Å². The fourth-order valence-electron chi connectivity index (χ4n) is 2.27. The molecule has 2 rings (SSSR count). The van der Waals surface area contributed by atoms with Crippen LogP contribution in [0.3, 0.4) is 0 Å². The molecule has 1 aliphatic carbocycles. The smallest absolute Gasteiger partial charge is 0.142 e. The Labute approximate surface area is 116 Å². The van der Waals surface area contributed by atoms with Crippen LogP contribution in [0.25, 0.3) is 0 Å². The van der Waals surface area contributed by atoms with E-state index in [1.54, 1.807) is 7.11 Å². The first kappa shape index (κ1) is 14.1. The third-order valence-corrected chi connectivity index (χ3v) is 4.14. The van der Waals surface area contributed by atoms with Crippen molar-refractivity contribution in [2.45, 2.75) is 38.0 Å². The van der Waals surface area contributed by atoms with Gasteiger partial charge >= 0.3 is 0 Å². The van der Waals surface area contributed by atoms with Gasteiger partial charge in [-0.3, -0.25) is 0 Å². The van der Waals surface area contributed by atoms with E-state index in [9.17, 15) is 4.39 Å². The van der Waals surface area contributed by atoms with Gasteiger partial charge < -0.3 is 10.1 Å². The zero-order valence-corrected chi connectivity index (χ0v) is 11.9. The normalized spacial score (nSPS) is 24.7. The van der Waals surface area contributed by atoms with Crippen molar-refractivity contribution in [3.05, 3.63) is 33.6 Å². The monoisotopic (exact) mass is 291 g/mol. The lowest BCUT2D eigenvalue weighted by Crippen LogP contribution is -2.45. The molecule has 1 N–H and O–H groups in total. The highest BCUT2D eigenvalue weighted by molar-refractivity contribution is 6.36. The standard InChI is InChI=1S/C13H16Cl2FNO/c1-7(17-8-5-9(6-8)18-2)12-10(14)3-4-11(16)13(12)15/h3-4,7-9,17H,5-6H2,1-2H3. The predicted octanol–water partition coefficient (Wildman–Crippen LogP) is 3.96. The molecule has 0 saturated heterocycles. The van der Waals surface area contributed by atoms with E-state index in [1.807, 2.05) is 6.92 Å². The molecular formula is C13H16Cl2FNO. The lowest BCUT2D eigenvalue weighted by Gasteiger charge is -2.37. The first-order chi connectivity index (χ1) is 8.52. The van der Waals surface area contributed by atoms with Crippen molar-refractivity contribution >= 4 is 23.2 Å². The van der Waals surface area contributed by atoms with Crippen molar-refractivity contribution < 1.29 is 9.13 Å². The number of nitrogens with one attached hydrogen (secondary N) is 1. The molecule has 18 heavy (non-hydrogen) atoms. The van der Waals surface area contributed by atoms with Gasteiger partial charge in [-0.15, -0.1) is 0 Å². The minimum Gasteiger partial charge on any atom is -0.381 e. The summed E-state index contributed by atoms with van der Waals surface area (Å²) >= 11 is 12.1. The maximum Gasteiger partial charge on any atom is 0.142 e. The zero-order valence-electron chi connectivity index (χ0n) is 10.3. The second-order valence-corrected chi connectivity index (χ2v) is 5.46. The molecule has 0 amide bonds. The Morgan fingerprint density at radius 3 is 2.67 bits per heavy atom. The van der Waals surface area contributed by atoms with Crippen LogP contribution in [0.2, 0.25) is 10.0 Å². The summed E-state index contributed by atoms with van der Waals surface area (Å²) in [5, 5.41) is 3.98. The van der Waals surface area contributed by atoms with Crippen LogP contribution in [0.5, 0.6) is 0 Å². The van der Waals surface area contributed by atoms with E-state index >= 15 is 0 Å². The Morgan fingerprint density at radius 2 is 2.06 bits per heavy atom. The first-order valence-corrected chi connectivity index (χ1v) is 6.70. The third-order valence-electron chi connectivity index (χ3n) is 3.43. The van der Waals surface area contributed by atoms with Gasteiger partial charge in [-0.1, -0.05) is 23.2 Å². The van der Waals surface area contributed by atoms with Crippen LogP contribution in [0.4, 0.5) is 4.39 Å². The van der Waals surface area contributed by atoms with E-state index in [4.69, 9.17) is 27.9 Å². The van der Waals surface area contributed by atoms with Crippen molar-refractivity contribution in [1.29, 1.82) is 0 Å². The molecule has 0 radical (unpaired) electrons. The van der Waals surface area contributed by atoms with Crippen LogP contribution in [0.1, 0.15) is 31.4 Å². The van der Waals surface area contributed by atoms with Crippen LogP contribution in [0.15, 0.2) is 12.1 Å². The zero-order chi connectivity index (χ0) is 13.3. The van der Waals surface area contributed by atoms with Crippen LogP contribution in [-0.4, -0.2) is 19.3 Å². The summed E-state index contributed by atoms with van der Waals surface area (Å²) in [7, 11) is 1.71. The largest absolute Gasteiger partial charge is 0.381 e. The molecule has 5 heteroatoms. The first-order valence-electron chi connectivity index (χ1n) is 5.95. The number of hydrogen-bond donors (Lipinski definition) is 1. The van der Waals surface area contributed by atoms with Crippen LogP contribution >= 0.6 is 23.2 Å². The summed E-state index contributed by atoms with van der Waals surface area (Å²) in [6.45, 7) is 1.94. The average Bonchev–Trinajstić information content (AvgIpc) is 2.28. The average molecular weight is 292 g/mol. The molecule has 1 saturated carbocycles. The van der Waals surface area contributed by atoms with E-state index in [1.165, 1.54) is 12.1 Å². The Balaban J connectivity index is 2.05. The van der Waals surface area contributed by atoms with E-state index in [0.717, 1.165) is 12.8 Å². The highest BCUT2D eigenvalue weighted by Gasteiger charge is 2.30. The summed E-state index contributed by atoms with van der Waals surface area (Å²) in [5.74, 6) is -0.437. The second kappa shape index (κ2) is 5.74. The summed E-state index contributed by atoms with van der Waals surface area (Å²) in [4.78, 5) is 0. The number of methoxy groups -OCH3 is 1. The Bertz CT molecular complexity index is 435. The van der Waals surface area contributed by atoms with Gasteiger partial charge in [0.15, 0.2) is 0 Å². The van der Waals surface area contributed by atoms with Gasteiger partial charge in [-0.2, -0.15) is 0 Å². The number of ether oxygens (including phenoxy) is 1. The summed E-state index contributed by atoms with van der Waals surface area (Å²) in [5.41, 5.74) is 0.624. The van der Waals surface area contributed by atoms with Crippen molar-refractivity contribution in [2.75, 3.05) is 7.11 Å². The fraction of sp³-hybridized carbons (Fsp3) is 0.538. The van der Waals surface area contributed by atoms with Gasteiger partial charge in [0, 0.05) is 29.8 Å². The predicted molar refractivity (Wildman–Crippen MR) is 71.8 cm³/mol. The Kier molecular flexibility index (Phi) is 4.49. The summed E-state index contributed by atoms with van der Waals surface area (Å²) < 4.78 is 18.6. The van der Waals surface area contributed by atoms with E-state index < -0.39 is 5.82 Å². The molecule has 2 nitrogen and oxygen atoms in total. The van der Waals surface area contributed by atoms with Gasteiger partial charge in [0.1, 0.15) is 5.82 Å². The van der Waals surface area contributed by atoms with Gasteiger partial charge in [-0.05, 0) is 31.9 Å². The van der Waals surface area contributed by atoms with E-state index in [-0.39, 0.29) is 11.1 Å². The summed E-state index contributed by atoms with van der Waals surface area (Å²) in [6.07, 6.45) is 2.25. The lowest BCUT2D eigenvalue weighted by molar-refractivity contribution is 0.0147. The number of rotatable bonds is 4. The number of benzene rings is 1. The SMILES string of the molecule is COC1CC(NC(C)c2c(Cl)ccc(F)c2Cl)C1. The maximum atomic E-state index is 13.4. The van der Waals surface area contributed by atoms with Crippen LogP contribution < -0.4 is 5.32 Å². The maximum absolute atomic E-state index is 13.4. The van der Waals surface area contributed by atoms with Crippen molar-refractivity contribution in [1.82, 2.24) is 5.32 Å². The molecule has 0 aliphatic heterocycles. The molecule has 1 atom stereocenters. The fourth-order valence-corrected chi connectivity index (χ4v) is 2.97. The van der Waals surface area contributed by atoms with Crippen LogP contribution in [0, 0.1) is 5.82 Å². The molecule has 1 fully saturated rings. The molecule has 1 unspecified atom stereocenters. The highest BCUT2D eigenvalue weighted by Crippen LogP contribution is 2.34. The van der Waals surface area contributed by atoms with Gasteiger partial charge in [0.2, 0.25) is 0 Å². The molecule has 100 valence electrons. The van der Waals surface area contributed by atoms with Crippen molar-refractivity contribution in [3.63, 3.8) is 0 Å². The molecular weight excluding hydrogens is 276 g/mol. The highest BCUT2D eigenvalue weighted by atomic mass is 35.5. The second-order valence-electron chi connectivity index (χ2n) is 4.67. The topological polar surface area (TPSA) is 21.3 Å². The molecule has 1 aromatic rings. The number of hydrogen-bond acceptors (Lipinski definition) is 2. The molecule has 0 spiro atoms.